The van der Waals surface area contributed by atoms with Crippen molar-refractivity contribution in [2.75, 3.05) is 13.2 Å². The molecule has 1 fully saturated rings. The second-order valence-electron chi connectivity index (χ2n) is 6.61. The van der Waals surface area contributed by atoms with E-state index in [0.29, 0.717) is 24.4 Å². The number of fused-ring (bicyclic) bond motifs is 1. The second kappa shape index (κ2) is 8.08. The molecule has 2 aromatic rings. The molecular formula is C20H24IN3O. The van der Waals surface area contributed by atoms with Crippen LogP contribution in [0.4, 0.5) is 0 Å². The minimum Gasteiger partial charge on any atom is -0.493 e. The smallest absolute Gasteiger partial charge is 0.189 e. The van der Waals surface area contributed by atoms with Crippen LogP contribution in [-0.2, 0) is 0 Å². The number of nitrogens with zero attached hydrogens (tertiary/aromatic N) is 1. The van der Waals surface area contributed by atoms with Gasteiger partial charge in [-0.2, -0.15) is 0 Å². The van der Waals surface area contributed by atoms with Gasteiger partial charge in [0.1, 0.15) is 5.75 Å². The zero-order valence-corrected chi connectivity index (χ0v) is 16.4. The Morgan fingerprint density at radius 1 is 1.12 bits per heavy atom. The SMILES string of the molecule is I.NC(=NCC1CC1c1ccccc1)NC1CCOc2ccccc21. The molecule has 4 nitrogen and oxygen atoms in total. The highest BCUT2D eigenvalue weighted by Gasteiger charge is 2.37. The van der Waals surface area contributed by atoms with Gasteiger partial charge in [0, 0.05) is 18.5 Å². The Labute approximate surface area is 165 Å². The Balaban J connectivity index is 0.00000182. The average molecular weight is 449 g/mol. The van der Waals surface area contributed by atoms with E-state index >= 15 is 0 Å². The van der Waals surface area contributed by atoms with Crippen molar-refractivity contribution in [3.63, 3.8) is 0 Å². The van der Waals surface area contributed by atoms with Crippen molar-refractivity contribution in [3.05, 3.63) is 65.7 Å². The number of halogens is 1. The number of nitrogens with two attached hydrogens (primary N) is 1. The first kappa shape index (κ1) is 18.0. The van der Waals surface area contributed by atoms with Gasteiger partial charge in [-0.1, -0.05) is 48.5 Å². The van der Waals surface area contributed by atoms with E-state index in [1.807, 2.05) is 18.2 Å². The van der Waals surface area contributed by atoms with Crippen LogP contribution in [0.3, 0.4) is 0 Å². The van der Waals surface area contributed by atoms with Gasteiger partial charge in [-0.25, -0.2) is 0 Å². The number of ether oxygens (including phenoxy) is 1. The third kappa shape index (κ3) is 4.26. The standard InChI is InChI=1S/C20H23N3O.HI/c21-20(22-13-15-12-17(15)14-6-2-1-3-7-14)23-18-10-11-24-19-9-5-4-8-16(18)19;/h1-9,15,17-18H,10-13H2,(H3,21,22,23);1H. The Bertz CT molecular complexity index is 735. The molecule has 5 heteroatoms. The molecule has 1 aliphatic heterocycles. The quantitative estimate of drug-likeness (QED) is 0.424. The normalized spacial score (nSPS) is 24.5. The molecule has 0 radical (unpaired) electrons. The van der Waals surface area contributed by atoms with Gasteiger partial charge in [-0.05, 0) is 29.9 Å². The lowest BCUT2D eigenvalue weighted by atomic mass is 10.0. The lowest BCUT2D eigenvalue weighted by Crippen LogP contribution is -2.37. The molecule has 132 valence electrons. The van der Waals surface area contributed by atoms with Crippen LogP contribution in [0.5, 0.6) is 5.75 Å². The Morgan fingerprint density at radius 3 is 2.72 bits per heavy atom. The van der Waals surface area contributed by atoms with Crippen molar-refractivity contribution >= 4 is 29.9 Å². The predicted octanol–water partition coefficient (Wildman–Crippen LogP) is 3.84. The van der Waals surface area contributed by atoms with E-state index in [9.17, 15) is 0 Å². The van der Waals surface area contributed by atoms with Crippen LogP contribution < -0.4 is 15.8 Å². The zero-order valence-electron chi connectivity index (χ0n) is 14.1. The van der Waals surface area contributed by atoms with Gasteiger partial charge in [-0.3, -0.25) is 4.99 Å². The monoisotopic (exact) mass is 449 g/mol. The van der Waals surface area contributed by atoms with Crippen LogP contribution >= 0.6 is 24.0 Å². The van der Waals surface area contributed by atoms with E-state index in [1.165, 1.54) is 12.0 Å². The van der Waals surface area contributed by atoms with Gasteiger partial charge in [0.2, 0.25) is 0 Å². The maximum Gasteiger partial charge on any atom is 0.189 e. The van der Waals surface area contributed by atoms with E-state index in [1.54, 1.807) is 0 Å². The molecule has 3 N–H and O–H groups in total. The topological polar surface area (TPSA) is 59.6 Å². The molecule has 0 bridgehead atoms. The predicted molar refractivity (Wildman–Crippen MR) is 112 cm³/mol. The van der Waals surface area contributed by atoms with Crippen LogP contribution in [0.2, 0.25) is 0 Å². The van der Waals surface area contributed by atoms with Crippen molar-refractivity contribution in [2.45, 2.75) is 24.8 Å². The largest absolute Gasteiger partial charge is 0.493 e. The number of guanidine groups is 1. The summed E-state index contributed by atoms with van der Waals surface area (Å²) >= 11 is 0. The van der Waals surface area contributed by atoms with Gasteiger partial charge in [0.05, 0.1) is 12.6 Å². The molecule has 3 unspecified atom stereocenters. The molecule has 1 aliphatic carbocycles. The number of benzene rings is 2. The van der Waals surface area contributed by atoms with Gasteiger partial charge in [0.15, 0.2) is 5.96 Å². The van der Waals surface area contributed by atoms with Crippen LogP contribution in [0.25, 0.3) is 0 Å². The summed E-state index contributed by atoms with van der Waals surface area (Å²) in [6.07, 6.45) is 2.12. The summed E-state index contributed by atoms with van der Waals surface area (Å²) in [7, 11) is 0. The summed E-state index contributed by atoms with van der Waals surface area (Å²) in [5, 5.41) is 3.36. The van der Waals surface area contributed by atoms with Crippen LogP contribution in [0, 0.1) is 5.92 Å². The van der Waals surface area contributed by atoms with Crippen LogP contribution in [-0.4, -0.2) is 19.1 Å². The molecular weight excluding hydrogens is 425 g/mol. The first-order chi connectivity index (χ1) is 11.8. The molecule has 2 aromatic carbocycles. The van der Waals surface area contributed by atoms with E-state index in [-0.39, 0.29) is 30.0 Å². The molecule has 4 rings (SSSR count). The van der Waals surface area contributed by atoms with E-state index in [2.05, 4.69) is 46.7 Å². The zero-order chi connectivity index (χ0) is 16.4. The van der Waals surface area contributed by atoms with E-state index in [4.69, 9.17) is 10.5 Å². The van der Waals surface area contributed by atoms with Gasteiger partial charge in [0.25, 0.3) is 0 Å². The van der Waals surface area contributed by atoms with Crippen molar-refractivity contribution < 1.29 is 4.74 Å². The van der Waals surface area contributed by atoms with Crippen molar-refractivity contribution in [1.29, 1.82) is 0 Å². The summed E-state index contributed by atoms with van der Waals surface area (Å²) in [6, 6.07) is 19.0. The summed E-state index contributed by atoms with van der Waals surface area (Å²) in [5.41, 5.74) is 8.70. The lowest BCUT2D eigenvalue weighted by molar-refractivity contribution is 0.262. The van der Waals surface area contributed by atoms with E-state index in [0.717, 1.165) is 24.3 Å². The highest BCUT2D eigenvalue weighted by Crippen LogP contribution is 2.47. The number of hydrogen-bond acceptors (Lipinski definition) is 2. The summed E-state index contributed by atoms with van der Waals surface area (Å²) in [4.78, 5) is 4.57. The molecule has 1 heterocycles. The van der Waals surface area contributed by atoms with Crippen molar-refractivity contribution in [3.8, 4) is 5.75 Å². The van der Waals surface area contributed by atoms with Crippen LogP contribution in [0.1, 0.15) is 35.9 Å². The number of hydrogen-bond donors (Lipinski definition) is 2. The Morgan fingerprint density at radius 2 is 1.88 bits per heavy atom. The molecule has 3 atom stereocenters. The molecule has 0 amide bonds. The third-order valence-electron chi connectivity index (χ3n) is 4.93. The average Bonchev–Trinajstić information content (AvgIpc) is 3.41. The number of aliphatic imine (C=N–C) groups is 1. The Kier molecular flexibility index (Phi) is 5.83. The fourth-order valence-corrected chi connectivity index (χ4v) is 3.49. The maximum absolute atomic E-state index is 6.12. The van der Waals surface area contributed by atoms with Crippen LogP contribution in [0.15, 0.2) is 59.6 Å². The molecule has 2 aliphatic rings. The first-order valence-corrected chi connectivity index (χ1v) is 8.64. The number of rotatable bonds is 4. The van der Waals surface area contributed by atoms with Gasteiger partial charge >= 0.3 is 0 Å². The summed E-state index contributed by atoms with van der Waals surface area (Å²) in [6.45, 7) is 1.50. The lowest BCUT2D eigenvalue weighted by Gasteiger charge is -2.26. The fourth-order valence-electron chi connectivity index (χ4n) is 3.49. The van der Waals surface area contributed by atoms with Gasteiger partial charge < -0.3 is 15.8 Å². The van der Waals surface area contributed by atoms with Crippen molar-refractivity contribution in [2.24, 2.45) is 16.6 Å². The second-order valence-corrected chi connectivity index (χ2v) is 6.61. The van der Waals surface area contributed by atoms with Gasteiger partial charge in [-0.15, -0.1) is 24.0 Å². The fraction of sp³-hybridized carbons (Fsp3) is 0.350. The highest BCUT2D eigenvalue weighted by molar-refractivity contribution is 14.0. The molecule has 25 heavy (non-hydrogen) atoms. The number of para-hydroxylation sites is 1. The van der Waals surface area contributed by atoms with Crippen molar-refractivity contribution in [1.82, 2.24) is 5.32 Å². The molecule has 0 saturated heterocycles. The molecule has 0 aromatic heterocycles. The number of nitrogens with one attached hydrogen (secondary N) is 1. The maximum atomic E-state index is 6.12. The minimum absolute atomic E-state index is 0. The summed E-state index contributed by atoms with van der Waals surface area (Å²) < 4.78 is 5.69. The van der Waals surface area contributed by atoms with E-state index < -0.39 is 0 Å². The Hall–Kier alpha value is -1.76. The molecule has 1 saturated carbocycles. The first-order valence-electron chi connectivity index (χ1n) is 8.64. The summed E-state index contributed by atoms with van der Waals surface area (Å²) in [5.74, 6) is 2.75. The highest BCUT2D eigenvalue weighted by atomic mass is 127. The third-order valence-corrected chi connectivity index (χ3v) is 4.93. The minimum atomic E-state index is 0. The molecule has 0 spiro atoms.